The molecule has 1 N–H and O–H groups in total. The third kappa shape index (κ3) is 3.51. The Balaban J connectivity index is 2.29. The number of carboxylic acids is 1. The van der Waals surface area contributed by atoms with E-state index in [2.05, 4.69) is 0 Å². The lowest BCUT2D eigenvalue weighted by Crippen LogP contribution is -2.37. The normalized spacial score (nSPS) is 21.0. The van der Waals surface area contributed by atoms with Crippen LogP contribution in [0.5, 0.6) is 5.75 Å². The standard InChI is InChI=1S/C15H18ClNO5/c1-21-11-6-10(7-14(18)19)17(8-11)15(20)12-5-9(16)3-4-13(12)22-2/h3-5,10-11H,6-8H2,1-2H3,(H,18,19). The number of likely N-dealkylation sites (tertiary alicyclic amines) is 1. The lowest BCUT2D eigenvalue weighted by Gasteiger charge is -2.24. The van der Waals surface area contributed by atoms with Crippen LogP contribution in [0.2, 0.25) is 5.02 Å². The van der Waals surface area contributed by atoms with Gasteiger partial charge in [-0.3, -0.25) is 9.59 Å². The molecule has 1 amide bonds. The number of hydrogen-bond acceptors (Lipinski definition) is 4. The Morgan fingerprint density at radius 2 is 2.14 bits per heavy atom. The van der Waals surface area contributed by atoms with Crippen molar-refractivity contribution < 1.29 is 24.2 Å². The van der Waals surface area contributed by atoms with Crippen molar-refractivity contribution >= 4 is 23.5 Å². The van der Waals surface area contributed by atoms with Gasteiger partial charge in [0.05, 0.1) is 25.2 Å². The van der Waals surface area contributed by atoms with E-state index in [9.17, 15) is 9.59 Å². The number of hydrogen-bond donors (Lipinski definition) is 1. The Bertz CT molecular complexity index is 577. The van der Waals surface area contributed by atoms with E-state index in [0.29, 0.717) is 29.3 Å². The Kier molecular flexibility index (Phi) is 5.26. The fraction of sp³-hybridized carbons (Fsp3) is 0.467. The summed E-state index contributed by atoms with van der Waals surface area (Å²) < 4.78 is 10.5. The minimum Gasteiger partial charge on any atom is -0.496 e. The van der Waals surface area contributed by atoms with Crippen LogP contribution in [0.3, 0.4) is 0 Å². The fourth-order valence-electron chi connectivity index (χ4n) is 2.69. The molecule has 0 saturated carbocycles. The average Bonchev–Trinajstić information content (AvgIpc) is 2.88. The summed E-state index contributed by atoms with van der Waals surface area (Å²) in [6.45, 7) is 0.350. The van der Waals surface area contributed by atoms with Gasteiger partial charge in [-0.25, -0.2) is 0 Å². The van der Waals surface area contributed by atoms with E-state index in [1.54, 1.807) is 19.2 Å². The predicted molar refractivity (Wildman–Crippen MR) is 80.5 cm³/mol. The molecule has 1 heterocycles. The minimum absolute atomic E-state index is 0.117. The van der Waals surface area contributed by atoms with E-state index < -0.39 is 12.0 Å². The quantitative estimate of drug-likeness (QED) is 0.895. The lowest BCUT2D eigenvalue weighted by molar-refractivity contribution is -0.137. The predicted octanol–water partition coefficient (Wildman–Crippen LogP) is 2.05. The van der Waals surface area contributed by atoms with Crippen molar-refractivity contribution in [3.8, 4) is 5.75 Å². The maximum atomic E-state index is 12.8. The van der Waals surface area contributed by atoms with Crippen LogP contribution in [0.15, 0.2) is 18.2 Å². The van der Waals surface area contributed by atoms with Crippen molar-refractivity contribution in [2.45, 2.75) is 25.0 Å². The molecule has 1 aromatic rings. The Hall–Kier alpha value is -1.79. The van der Waals surface area contributed by atoms with Gasteiger partial charge < -0.3 is 19.5 Å². The molecule has 2 rings (SSSR count). The second-order valence-corrected chi connectivity index (χ2v) is 5.58. The number of carbonyl (C=O) groups is 2. The molecule has 1 aliphatic rings. The summed E-state index contributed by atoms with van der Waals surface area (Å²) >= 11 is 5.96. The van der Waals surface area contributed by atoms with E-state index in [1.807, 2.05) is 0 Å². The third-order valence-corrected chi connectivity index (χ3v) is 4.01. The SMILES string of the molecule is COc1ccc(Cl)cc1C(=O)N1CC(OC)CC1CC(=O)O. The van der Waals surface area contributed by atoms with Crippen LogP contribution in [-0.2, 0) is 9.53 Å². The molecule has 1 fully saturated rings. The van der Waals surface area contributed by atoms with Crippen LogP contribution in [0.25, 0.3) is 0 Å². The maximum absolute atomic E-state index is 12.8. The van der Waals surface area contributed by atoms with Crippen molar-refractivity contribution in [1.82, 2.24) is 4.90 Å². The number of nitrogens with zero attached hydrogens (tertiary/aromatic N) is 1. The van der Waals surface area contributed by atoms with Crippen LogP contribution in [0, 0.1) is 0 Å². The van der Waals surface area contributed by atoms with Crippen molar-refractivity contribution in [3.63, 3.8) is 0 Å². The number of amides is 1. The highest BCUT2D eigenvalue weighted by atomic mass is 35.5. The average molecular weight is 328 g/mol. The van der Waals surface area contributed by atoms with Gasteiger partial charge in [0.2, 0.25) is 0 Å². The Morgan fingerprint density at radius 1 is 1.41 bits per heavy atom. The van der Waals surface area contributed by atoms with E-state index in [1.165, 1.54) is 18.1 Å². The van der Waals surface area contributed by atoms with E-state index in [4.69, 9.17) is 26.2 Å². The molecule has 22 heavy (non-hydrogen) atoms. The molecule has 2 unspecified atom stereocenters. The molecular formula is C15H18ClNO5. The van der Waals surface area contributed by atoms with Gasteiger partial charge in [0.15, 0.2) is 0 Å². The summed E-state index contributed by atoms with van der Waals surface area (Å²) in [5.41, 5.74) is 0.321. The first-order valence-electron chi connectivity index (χ1n) is 6.85. The second-order valence-electron chi connectivity index (χ2n) is 5.15. The third-order valence-electron chi connectivity index (χ3n) is 3.77. The smallest absolute Gasteiger partial charge is 0.305 e. The van der Waals surface area contributed by atoms with Gasteiger partial charge >= 0.3 is 5.97 Å². The molecule has 7 heteroatoms. The monoisotopic (exact) mass is 327 g/mol. The molecule has 1 saturated heterocycles. The maximum Gasteiger partial charge on any atom is 0.305 e. The molecule has 0 bridgehead atoms. The molecule has 0 aromatic heterocycles. The van der Waals surface area contributed by atoms with E-state index >= 15 is 0 Å². The van der Waals surface area contributed by atoms with Gasteiger partial charge in [0.1, 0.15) is 5.75 Å². The first-order chi connectivity index (χ1) is 10.5. The highest BCUT2D eigenvalue weighted by Gasteiger charge is 2.37. The number of carboxylic acid groups (broad SMARTS) is 1. The number of aliphatic carboxylic acids is 1. The van der Waals surface area contributed by atoms with Gasteiger partial charge in [-0.05, 0) is 24.6 Å². The lowest BCUT2D eigenvalue weighted by atomic mass is 10.1. The van der Waals surface area contributed by atoms with Crippen molar-refractivity contribution in [2.75, 3.05) is 20.8 Å². The van der Waals surface area contributed by atoms with Crippen LogP contribution < -0.4 is 4.74 Å². The Morgan fingerprint density at radius 3 is 2.73 bits per heavy atom. The molecule has 6 nitrogen and oxygen atoms in total. The molecular weight excluding hydrogens is 310 g/mol. The summed E-state index contributed by atoms with van der Waals surface area (Å²) in [5, 5.41) is 9.44. The van der Waals surface area contributed by atoms with Crippen LogP contribution in [-0.4, -0.2) is 54.8 Å². The summed E-state index contributed by atoms with van der Waals surface area (Å²) in [5.74, 6) is -0.841. The van der Waals surface area contributed by atoms with Gasteiger partial charge in [0, 0.05) is 24.7 Å². The van der Waals surface area contributed by atoms with Gasteiger partial charge in [-0.2, -0.15) is 0 Å². The van der Waals surface area contributed by atoms with Crippen LogP contribution in [0.1, 0.15) is 23.2 Å². The highest BCUT2D eigenvalue weighted by molar-refractivity contribution is 6.31. The molecule has 1 aromatic carbocycles. The zero-order valence-corrected chi connectivity index (χ0v) is 13.2. The van der Waals surface area contributed by atoms with Crippen molar-refractivity contribution in [3.05, 3.63) is 28.8 Å². The van der Waals surface area contributed by atoms with Gasteiger partial charge in [-0.1, -0.05) is 11.6 Å². The number of benzene rings is 1. The summed E-state index contributed by atoms with van der Waals surface area (Å²) in [6, 6.07) is 4.37. The molecule has 0 radical (unpaired) electrons. The number of rotatable bonds is 5. The highest BCUT2D eigenvalue weighted by Crippen LogP contribution is 2.29. The van der Waals surface area contributed by atoms with Crippen molar-refractivity contribution in [1.29, 1.82) is 0 Å². The summed E-state index contributed by atoms with van der Waals surface area (Å²) in [6.07, 6.45) is 0.213. The van der Waals surface area contributed by atoms with E-state index in [0.717, 1.165) is 0 Å². The fourth-order valence-corrected chi connectivity index (χ4v) is 2.86. The number of carbonyl (C=O) groups excluding carboxylic acids is 1. The molecule has 0 aliphatic carbocycles. The van der Waals surface area contributed by atoms with Crippen LogP contribution >= 0.6 is 11.6 Å². The second kappa shape index (κ2) is 6.98. The minimum atomic E-state index is -0.947. The topological polar surface area (TPSA) is 76.1 Å². The van der Waals surface area contributed by atoms with Crippen LogP contribution in [0.4, 0.5) is 0 Å². The zero-order chi connectivity index (χ0) is 16.3. The largest absolute Gasteiger partial charge is 0.496 e. The Labute approximate surface area is 133 Å². The zero-order valence-electron chi connectivity index (χ0n) is 12.4. The molecule has 120 valence electrons. The molecule has 1 aliphatic heterocycles. The molecule has 2 atom stereocenters. The van der Waals surface area contributed by atoms with Crippen molar-refractivity contribution in [2.24, 2.45) is 0 Å². The first-order valence-corrected chi connectivity index (χ1v) is 7.23. The molecule has 0 spiro atoms. The summed E-state index contributed by atoms with van der Waals surface area (Å²) in [4.78, 5) is 25.3. The van der Waals surface area contributed by atoms with Gasteiger partial charge in [-0.15, -0.1) is 0 Å². The first kappa shape index (κ1) is 16.6. The van der Waals surface area contributed by atoms with E-state index in [-0.39, 0.29) is 18.4 Å². The number of ether oxygens (including phenoxy) is 2. The number of methoxy groups -OCH3 is 2. The van der Waals surface area contributed by atoms with Gasteiger partial charge in [0.25, 0.3) is 5.91 Å². The number of halogens is 1. The summed E-state index contributed by atoms with van der Waals surface area (Å²) in [7, 11) is 3.02.